The van der Waals surface area contributed by atoms with Gasteiger partial charge in [0.05, 0.1) is 5.69 Å². The molecule has 0 saturated heterocycles. The van der Waals surface area contributed by atoms with Gasteiger partial charge >= 0.3 is 0 Å². The molecule has 1 aromatic rings. The molecule has 0 unspecified atom stereocenters. The largest absolute Gasteiger partial charge is 0.378 e. The maximum Gasteiger partial charge on any atom is 0.156 e. The van der Waals surface area contributed by atoms with E-state index in [0.717, 1.165) is 29.1 Å². The fourth-order valence-corrected chi connectivity index (χ4v) is 1.80. The number of fused-ring (bicyclic) bond motifs is 1. The Labute approximate surface area is 92.0 Å². The van der Waals surface area contributed by atoms with E-state index in [-0.39, 0.29) is 0 Å². The molecule has 2 heterocycles. The van der Waals surface area contributed by atoms with Crippen LogP contribution < -0.4 is 10.2 Å². The van der Waals surface area contributed by atoms with Crippen LogP contribution in [0.3, 0.4) is 0 Å². The molecule has 1 N–H and O–H groups in total. The van der Waals surface area contributed by atoms with Crippen molar-refractivity contribution in [3.05, 3.63) is 29.0 Å². The molecule has 0 aromatic carbocycles. The van der Waals surface area contributed by atoms with Crippen molar-refractivity contribution in [3.8, 4) is 0 Å². The molecule has 0 aliphatic carbocycles. The lowest BCUT2D eigenvalue weighted by Crippen LogP contribution is -2.16. The molecular formula is C10H12BrN3. The molecule has 0 fully saturated rings. The molecule has 74 valence electrons. The van der Waals surface area contributed by atoms with Crippen LogP contribution in [0.25, 0.3) is 0 Å². The summed E-state index contributed by atoms with van der Waals surface area (Å²) in [6.07, 6.45) is 5.99. The first-order chi connectivity index (χ1) is 6.81. The molecule has 4 heteroatoms. The fraction of sp³-hybridized carbons (Fsp3) is 0.300. The zero-order chi connectivity index (χ0) is 9.97. The molecule has 0 amide bonds. The van der Waals surface area contributed by atoms with Crippen molar-refractivity contribution in [1.29, 1.82) is 0 Å². The van der Waals surface area contributed by atoms with Gasteiger partial charge in [0.25, 0.3) is 0 Å². The first-order valence-corrected chi connectivity index (χ1v) is 5.43. The molecule has 0 atom stereocenters. The van der Waals surface area contributed by atoms with Crippen LogP contribution >= 0.6 is 15.9 Å². The van der Waals surface area contributed by atoms with Crippen LogP contribution in [-0.4, -0.2) is 18.1 Å². The number of hydrogen-bond acceptors (Lipinski definition) is 3. The number of rotatable bonds is 1. The smallest absolute Gasteiger partial charge is 0.156 e. The Morgan fingerprint density at radius 1 is 1.64 bits per heavy atom. The molecule has 0 radical (unpaired) electrons. The van der Waals surface area contributed by atoms with Gasteiger partial charge < -0.3 is 10.2 Å². The van der Waals surface area contributed by atoms with Crippen LogP contribution in [0.5, 0.6) is 0 Å². The number of anilines is 2. The molecule has 3 nitrogen and oxygen atoms in total. The SMILES string of the molecule is CCN1C=CCNc2cc(Br)cnc21. The van der Waals surface area contributed by atoms with Crippen molar-refractivity contribution < 1.29 is 0 Å². The average Bonchev–Trinajstić information content (AvgIpc) is 2.38. The second-order valence-corrected chi connectivity index (χ2v) is 3.99. The number of halogens is 1. The summed E-state index contributed by atoms with van der Waals surface area (Å²) in [4.78, 5) is 6.52. The lowest BCUT2D eigenvalue weighted by atomic mass is 10.3. The van der Waals surface area contributed by atoms with Crippen LogP contribution in [0.15, 0.2) is 29.0 Å². The molecule has 14 heavy (non-hydrogen) atoms. The predicted molar refractivity (Wildman–Crippen MR) is 62.6 cm³/mol. The highest BCUT2D eigenvalue weighted by Gasteiger charge is 2.11. The minimum atomic E-state index is 0.849. The summed E-state index contributed by atoms with van der Waals surface area (Å²) >= 11 is 3.42. The quantitative estimate of drug-likeness (QED) is 0.834. The van der Waals surface area contributed by atoms with Crippen molar-refractivity contribution in [2.45, 2.75) is 6.92 Å². The van der Waals surface area contributed by atoms with Crippen LogP contribution in [0.2, 0.25) is 0 Å². The van der Waals surface area contributed by atoms with Gasteiger partial charge in [0.2, 0.25) is 0 Å². The zero-order valence-corrected chi connectivity index (χ0v) is 9.58. The van der Waals surface area contributed by atoms with Gasteiger partial charge in [0, 0.05) is 30.0 Å². The third kappa shape index (κ3) is 1.75. The average molecular weight is 254 g/mol. The molecule has 1 aromatic heterocycles. The summed E-state index contributed by atoms with van der Waals surface area (Å²) in [6.45, 7) is 3.89. The Hall–Kier alpha value is -1.03. The minimum Gasteiger partial charge on any atom is -0.378 e. The monoisotopic (exact) mass is 253 g/mol. The number of pyridine rings is 1. The lowest BCUT2D eigenvalue weighted by molar-refractivity contribution is 0.986. The normalized spacial score (nSPS) is 14.6. The Morgan fingerprint density at radius 2 is 2.50 bits per heavy atom. The van der Waals surface area contributed by atoms with Gasteiger partial charge in [-0.05, 0) is 35.0 Å². The van der Waals surface area contributed by atoms with Gasteiger partial charge in [-0.15, -0.1) is 0 Å². The second-order valence-electron chi connectivity index (χ2n) is 3.08. The Morgan fingerprint density at radius 3 is 3.29 bits per heavy atom. The second kappa shape index (κ2) is 4.00. The highest BCUT2D eigenvalue weighted by molar-refractivity contribution is 9.10. The van der Waals surface area contributed by atoms with Crippen molar-refractivity contribution in [3.63, 3.8) is 0 Å². The van der Waals surface area contributed by atoms with E-state index >= 15 is 0 Å². The predicted octanol–water partition coefficient (Wildman–Crippen LogP) is 2.61. The first kappa shape index (κ1) is 9.52. The third-order valence-electron chi connectivity index (χ3n) is 2.14. The lowest BCUT2D eigenvalue weighted by Gasteiger charge is -2.18. The minimum absolute atomic E-state index is 0.849. The summed E-state index contributed by atoms with van der Waals surface area (Å²) in [7, 11) is 0. The number of hydrogen-bond donors (Lipinski definition) is 1. The van der Waals surface area contributed by atoms with Crippen LogP contribution in [0, 0.1) is 0 Å². The van der Waals surface area contributed by atoms with E-state index in [1.165, 1.54) is 0 Å². The fourth-order valence-electron chi connectivity index (χ4n) is 1.47. The third-order valence-corrected chi connectivity index (χ3v) is 2.58. The molecule has 1 aliphatic rings. The van der Waals surface area contributed by atoms with Crippen LogP contribution in [0.1, 0.15) is 6.92 Å². The van der Waals surface area contributed by atoms with E-state index in [1.54, 1.807) is 0 Å². The molecule has 0 saturated carbocycles. The van der Waals surface area contributed by atoms with Gasteiger partial charge in [-0.25, -0.2) is 4.98 Å². The highest BCUT2D eigenvalue weighted by Crippen LogP contribution is 2.27. The van der Waals surface area contributed by atoms with E-state index < -0.39 is 0 Å². The van der Waals surface area contributed by atoms with E-state index in [0.29, 0.717) is 0 Å². The topological polar surface area (TPSA) is 28.2 Å². The van der Waals surface area contributed by atoms with E-state index in [9.17, 15) is 0 Å². The maximum atomic E-state index is 4.40. The molecule has 2 rings (SSSR count). The number of nitrogens with zero attached hydrogens (tertiary/aromatic N) is 2. The van der Waals surface area contributed by atoms with Gasteiger partial charge in [0.1, 0.15) is 0 Å². The summed E-state index contributed by atoms with van der Waals surface area (Å²) in [5.41, 5.74) is 1.08. The standard InChI is InChI=1S/C10H12BrN3/c1-2-14-5-3-4-12-9-6-8(11)7-13-10(9)14/h3,5-7,12H,2,4H2,1H3. The summed E-state index contributed by atoms with van der Waals surface area (Å²) in [6, 6.07) is 2.05. The number of aromatic nitrogens is 1. The number of nitrogens with one attached hydrogen (secondary N) is 1. The maximum absolute atomic E-state index is 4.40. The van der Waals surface area contributed by atoms with Crippen LogP contribution in [-0.2, 0) is 0 Å². The Balaban J connectivity index is 2.45. The van der Waals surface area contributed by atoms with E-state index in [1.807, 2.05) is 6.20 Å². The van der Waals surface area contributed by atoms with Gasteiger partial charge in [0.15, 0.2) is 5.82 Å². The first-order valence-electron chi connectivity index (χ1n) is 4.64. The van der Waals surface area contributed by atoms with E-state index in [2.05, 4.69) is 56.4 Å². The zero-order valence-electron chi connectivity index (χ0n) is 8.00. The highest BCUT2D eigenvalue weighted by atomic mass is 79.9. The Kier molecular flexibility index (Phi) is 2.72. The summed E-state index contributed by atoms with van der Waals surface area (Å²) < 4.78 is 1.00. The van der Waals surface area contributed by atoms with Gasteiger partial charge in [-0.3, -0.25) is 0 Å². The van der Waals surface area contributed by atoms with E-state index in [4.69, 9.17) is 0 Å². The van der Waals surface area contributed by atoms with Crippen molar-refractivity contribution >= 4 is 27.4 Å². The summed E-state index contributed by atoms with van der Waals surface area (Å²) in [5, 5.41) is 3.31. The molecule has 1 aliphatic heterocycles. The molecule has 0 spiro atoms. The summed E-state index contributed by atoms with van der Waals surface area (Å²) in [5.74, 6) is 0.990. The van der Waals surface area contributed by atoms with Gasteiger partial charge in [-0.1, -0.05) is 0 Å². The van der Waals surface area contributed by atoms with Crippen molar-refractivity contribution in [2.75, 3.05) is 23.3 Å². The van der Waals surface area contributed by atoms with Gasteiger partial charge in [-0.2, -0.15) is 0 Å². The van der Waals surface area contributed by atoms with Crippen molar-refractivity contribution in [2.24, 2.45) is 0 Å². The van der Waals surface area contributed by atoms with Crippen molar-refractivity contribution in [1.82, 2.24) is 4.98 Å². The molecular weight excluding hydrogens is 242 g/mol. The Bertz CT molecular complexity index is 362. The molecule has 0 bridgehead atoms. The van der Waals surface area contributed by atoms with Crippen LogP contribution in [0.4, 0.5) is 11.5 Å².